The van der Waals surface area contributed by atoms with Gasteiger partial charge < -0.3 is 14.6 Å². The van der Waals surface area contributed by atoms with Crippen LogP contribution in [0.25, 0.3) is 0 Å². The second kappa shape index (κ2) is 6.44. The van der Waals surface area contributed by atoms with E-state index in [1.807, 2.05) is 4.90 Å². The minimum atomic E-state index is -0.0378. The van der Waals surface area contributed by atoms with Crippen molar-refractivity contribution in [2.24, 2.45) is 0 Å². The summed E-state index contributed by atoms with van der Waals surface area (Å²) in [5, 5.41) is 2.95. The predicted molar refractivity (Wildman–Crippen MR) is 88.1 cm³/mol. The SMILES string of the molecule is Cc1ncc(CNC(=O)N2CCCC2c2c(C)cccc2C)o1. The fourth-order valence-electron chi connectivity index (χ4n) is 3.41. The van der Waals surface area contributed by atoms with Crippen molar-refractivity contribution in [1.29, 1.82) is 0 Å². The van der Waals surface area contributed by atoms with Gasteiger partial charge in [-0.3, -0.25) is 0 Å². The van der Waals surface area contributed by atoms with Gasteiger partial charge in [-0.2, -0.15) is 0 Å². The van der Waals surface area contributed by atoms with Crippen molar-refractivity contribution in [3.05, 3.63) is 52.7 Å². The molecule has 1 aromatic carbocycles. The zero-order valence-corrected chi connectivity index (χ0v) is 13.9. The van der Waals surface area contributed by atoms with Crippen LogP contribution in [-0.2, 0) is 6.54 Å². The van der Waals surface area contributed by atoms with Crippen molar-refractivity contribution >= 4 is 6.03 Å². The average molecular weight is 313 g/mol. The summed E-state index contributed by atoms with van der Waals surface area (Å²) in [5.74, 6) is 1.29. The number of oxazole rings is 1. The minimum Gasteiger partial charge on any atom is -0.444 e. The molecule has 1 unspecified atom stereocenters. The normalized spacial score (nSPS) is 17.5. The molecular weight excluding hydrogens is 290 g/mol. The molecule has 1 fully saturated rings. The lowest BCUT2D eigenvalue weighted by Crippen LogP contribution is -2.39. The molecule has 0 saturated carbocycles. The summed E-state index contributed by atoms with van der Waals surface area (Å²) < 4.78 is 5.40. The number of nitrogens with zero attached hydrogens (tertiary/aromatic N) is 2. The Labute approximate surface area is 136 Å². The number of carbonyl (C=O) groups is 1. The Kier molecular flexibility index (Phi) is 4.37. The lowest BCUT2D eigenvalue weighted by molar-refractivity contribution is 0.191. The third kappa shape index (κ3) is 3.23. The molecule has 1 saturated heterocycles. The van der Waals surface area contributed by atoms with Gasteiger partial charge in [0.25, 0.3) is 0 Å². The first-order valence-corrected chi connectivity index (χ1v) is 8.08. The highest BCUT2D eigenvalue weighted by atomic mass is 16.4. The van der Waals surface area contributed by atoms with Gasteiger partial charge in [-0.05, 0) is 43.4 Å². The smallest absolute Gasteiger partial charge is 0.318 e. The molecule has 1 aromatic heterocycles. The van der Waals surface area contributed by atoms with E-state index in [-0.39, 0.29) is 12.1 Å². The molecule has 5 nitrogen and oxygen atoms in total. The van der Waals surface area contributed by atoms with Crippen molar-refractivity contribution < 1.29 is 9.21 Å². The Morgan fingerprint density at radius 3 is 2.74 bits per heavy atom. The van der Waals surface area contributed by atoms with Crippen LogP contribution in [0.2, 0.25) is 0 Å². The number of urea groups is 1. The van der Waals surface area contributed by atoms with Crippen LogP contribution in [0.4, 0.5) is 4.79 Å². The monoisotopic (exact) mass is 313 g/mol. The molecule has 2 aromatic rings. The van der Waals surface area contributed by atoms with E-state index in [1.165, 1.54) is 16.7 Å². The van der Waals surface area contributed by atoms with Gasteiger partial charge in [0.15, 0.2) is 5.89 Å². The number of aryl methyl sites for hydroxylation is 3. The molecule has 0 aliphatic carbocycles. The number of likely N-dealkylation sites (tertiary alicyclic amines) is 1. The molecule has 122 valence electrons. The molecule has 1 N–H and O–H groups in total. The Balaban J connectivity index is 1.72. The van der Waals surface area contributed by atoms with E-state index in [0.717, 1.165) is 19.4 Å². The number of hydrogen-bond donors (Lipinski definition) is 1. The number of hydrogen-bond acceptors (Lipinski definition) is 3. The van der Waals surface area contributed by atoms with Crippen molar-refractivity contribution in [1.82, 2.24) is 15.2 Å². The maximum atomic E-state index is 12.6. The molecule has 1 aliphatic rings. The standard InChI is InChI=1S/C18H23N3O2/c1-12-6-4-7-13(2)17(12)16-8-5-9-21(16)18(22)20-11-15-10-19-14(3)23-15/h4,6-7,10,16H,5,8-9,11H2,1-3H3,(H,20,22). The molecule has 3 rings (SSSR count). The fraction of sp³-hybridized carbons (Fsp3) is 0.444. The molecule has 2 amide bonds. The van der Waals surface area contributed by atoms with E-state index in [2.05, 4.69) is 42.3 Å². The average Bonchev–Trinajstić information content (AvgIpc) is 3.14. The predicted octanol–water partition coefficient (Wildman–Crippen LogP) is 3.65. The van der Waals surface area contributed by atoms with E-state index < -0.39 is 0 Å². The molecule has 5 heteroatoms. The molecule has 1 aliphatic heterocycles. The van der Waals surface area contributed by atoms with Crippen LogP contribution in [0.3, 0.4) is 0 Å². The highest BCUT2D eigenvalue weighted by Gasteiger charge is 2.31. The largest absolute Gasteiger partial charge is 0.444 e. The summed E-state index contributed by atoms with van der Waals surface area (Å²) in [6.45, 7) is 7.19. The quantitative estimate of drug-likeness (QED) is 0.941. The zero-order valence-electron chi connectivity index (χ0n) is 13.9. The van der Waals surface area contributed by atoms with E-state index in [9.17, 15) is 4.79 Å². The molecule has 1 atom stereocenters. The lowest BCUT2D eigenvalue weighted by atomic mass is 9.94. The van der Waals surface area contributed by atoms with E-state index >= 15 is 0 Å². The number of aromatic nitrogens is 1. The summed E-state index contributed by atoms with van der Waals surface area (Å²) in [4.78, 5) is 18.6. The topological polar surface area (TPSA) is 58.4 Å². The van der Waals surface area contributed by atoms with Crippen LogP contribution in [0.1, 0.15) is 47.2 Å². The van der Waals surface area contributed by atoms with Crippen LogP contribution in [0, 0.1) is 20.8 Å². The minimum absolute atomic E-state index is 0.0378. The lowest BCUT2D eigenvalue weighted by Gasteiger charge is -2.27. The van der Waals surface area contributed by atoms with Crippen LogP contribution in [0.15, 0.2) is 28.8 Å². The zero-order chi connectivity index (χ0) is 16.4. The summed E-state index contributed by atoms with van der Waals surface area (Å²) in [5.41, 5.74) is 3.79. The third-order valence-corrected chi connectivity index (χ3v) is 4.47. The third-order valence-electron chi connectivity index (χ3n) is 4.47. The summed E-state index contributed by atoms with van der Waals surface area (Å²) >= 11 is 0. The first-order valence-electron chi connectivity index (χ1n) is 8.08. The Bertz CT molecular complexity index is 688. The molecule has 0 spiro atoms. The van der Waals surface area contributed by atoms with E-state index in [1.54, 1.807) is 13.1 Å². The number of rotatable bonds is 3. The van der Waals surface area contributed by atoms with Crippen LogP contribution < -0.4 is 5.32 Å². The molecule has 0 radical (unpaired) electrons. The van der Waals surface area contributed by atoms with Gasteiger partial charge in [0, 0.05) is 13.5 Å². The first kappa shape index (κ1) is 15.6. The van der Waals surface area contributed by atoms with Gasteiger partial charge in [0.2, 0.25) is 0 Å². The summed E-state index contributed by atoms with van der Waals surface area (Å²) in [6.07, 6.45) is 3.70. The molecule has 23 heavy (non-hydrogen) atoms. The number of amides is 2. The second-order valence-electron chi connectivity index (χ2n) is 6.16. The van der Waals surface area contributed by atoms with Gasteiger partial charge in [-0.25, -0.2) is 9.78 Å². The van der Waals surface area contributed by atoms with Crippen molar-refractivity contribution in [3.8, 4) is 0 Å². The van der Waals surface area contributed by atoms with Gasteiger partial charge in [0.05, 0.1) is 18.8 Å². The highest BCUT2D eigenvalue weighted by Crippen LogP contribution is 2.35. The van der Waals surface area contributed by atoms with Crippen molar-refractivity contribution in [2.45, 2.75) is 46.2 Å². The van der Waals surface area contributed by atoms with Crippen LogP contribution in [0.5, 0.6) is 0 Å². The molecule has 2 heterocycles. The van der Waals surface area contributed by atoms with Crippen LogP contribution >= 0.6 is 0 Å². The maximum Gasteiger partial charge on any atom is 0.318 e. The Morgan fingerprint density at radius 1 is 1.35 bits per heavy atom. The van der Waals surface area contributed by atoms with Crippen molar-refractivity contribution in [3.63, 3.8) is 0 Å². The highest BCUT2D eigenvalue weighted by molar-refractivity contribution is 5.75. The van der Waals surface area contributed by atoms with Gasteiger partial charge >= 0.3 is 6.03 Å². The second-order valence-corrected chi connectivity index (χ2v) is 6.16. The summed E-state index contributed by atoms with van der Waals surface area (Å²) in [7, 11) is 0. The summed E-state index contributed by atoms with van der Waals surface area (Å²) in [6, 6.07) is 6.43. The van der Waals surface area contributed by atoms with Gasteiger partial charge in [-0.15, -0.1) is 0 Å². The molecular formula is C18H23N3O2. The number of benzene rings is 1. The van der Waals surface area contributed by atoms with E-state index in [0.29, 0.717) is 18.2 Å². The molecule has 0 bridgehead atoms. The number of carbonyl (C=O) groups excluding carboxylic acids is 1. The Morgan fingerprint density at radius 2 is 2.09 bits per heavy atom. The van der Waals surface area contributed by atoms with E-state index in [4.69, 9.17) is 4.42 Å². The Hall–Kier alpha value is -2.30. The fourth-order valence-corrected chi connectivity index (χ4v) is 3.41. The van der Waals surface area contributed by atoms with Gasteiger partial charge in [-0.1, -0.05) is 18.2 Å². The van der Waals surface area contributed by atoms with Crippen LogP contribution in [-0.4, -0.2) is 22.5 Å². The van der Waals surface area contributed by atoms with Crippen molar-refractivity contribution in [2.75, 3.05) is 6.54 Å². The van der Waals surface area contributed by atoms with Gasteiger partial charge in [0.1, 0.15) is 5.76 Å². The maximum absolute atomic E-state index is 12.6. The number of nitrogens with one attached hydrogen (secondary N) is 1. The first-order chi connectivity index (χ1) is 11.1.